The van der Waals surface area contributed by atoms with Gasteiger partial charge in [0.15, 0.2) is 0 Å². The molecule has 1 aliphatic heterocycles. The van der Waals surface area contributed by atoms with Crippen LogP contribution in [0.25, 0.3) is 0 Å². The number of nitro benzene ring substituents is 2. The van der Waals surface area contributed by atoms with Crippen molar-refractivity contribution >= 4 is 33.2 Å². The number of benzene rings is 2. The second-order valence-corrected chi connectivity index (χ2v) is 9.63. The van der Waals surface area contributed by atoms with Gasteiger partial charge in [-0.2, -0.15) is 4.31 Å². The SMILES string of the molecule is COc1ccc(OC)c([C@H]2SCCN2S(=O)(=O)c2cc([N+](=O)[O-])c(C)c([N+](=O)[O-])c2)c1. The number of nitro groups is 2. The topological polar surface area (TPSA) is 142 Å². The van der Waals surface area contributed by atoms with Gasteiger partial charge in [-0.3, -0.25) is 20.2 Å². The maximum atomic E-state index is 13.4. The third-order valence-electron chi connectivity index (χ3n) is 4.88. The quantitative estimate of drug-likeness (QED) is 0.441. The molecule has 1 atom stereocenters. The average molecular weight is 469 g/mol. The molecule has 11 nitrogen and oxygen atoms in total. The first kappa shape index (κ1) is 22.8. The molecule has 0 amide bonds. The van der Waals surface area contributed by atoms with Crippen LogP contribution < -0.4 is 9.47 Å². The Labute approximate surface area is 182 Å². The minimum Gasteiger partial charge on any atom is -0.497 e. The molecule has 2 aromatic rings. The van der Waals surface area contributed by atoms with E-state index in [4.69, 9.17) is 9.47 Å². The van der Waals surface area contributed by atoms with Crippen LogP contribution in [0.3, 0.4) is 0 Å². The number of nitrogens with zero attached hydrogens (tertiary/aromatic N) is 3. The third-order valence-corrected chi connectivity index (χ3v) is 8.10. The van der Waals surface area contributed by atoms with E-state index in [1.165, 1.54) is 32.9 Å². The van der Waals surface area contributed by atoms with E-state index in [1.54, 1.807) is 18.2 Å². The summed E-state index contributed by atoms with van der Waals surface area (Å²) in [6.45, 7) is 1.33. The van der Waals surface area contributed by atoms with Gasteiger partial charge in [0, 0.05) is 30.0 Å². The number of ether oxygens (including phenoxy) is 2. The van der Waals surface area contributed by atoms with Gasteiger partial charge in [0.25, 0.3) is 11.4 Å². The lowest BCUT2D eigenvalue weighted by atomic mass is 10.1. The minimum atomic E-state index is -4.30. The number of hydrogen-bond donors (Lipinski definition) is 0. The van der Waals surface area contributed by atoms with E-state index in [9.17, 15) is 28.6 Å². The fourth-order valence-corrected chi connectivity index (χ4v) is 6.59. The summed E-state index contributed by atoms with van der Waals surface area (Å²) < 4.78 is 38.6. The third kappa shape index (κ3) is 4.16. The number of sulfonamides is 1. The van der Waals surface area contributed by atoms with E-state index in [0.717, 1.165) is 16.4 Å². The molecule has 1 heterocycles. The van der Waals surface area contributed by atoms with Gasteiger partial charge in [-0.1, -0.05) is 0 Å². The highest BCUT2D eigenvalue weighted by atomic mass is 32.2. The highest BCUT2D eigenvalue weighted by Gasteiger charge is 2.40. The van der Waals surface area contributed by atoms with Crippen molar-refractivity contribution in [1.82, 2.24) is 4.31 Å². The van der Waals surface area contributed by atoms with Crippen LogP contribution in [0.15, 0.2) is 35.2 Å². The minimum absolute atomic E-state index is 0.119. The average Bonchev–Trinajstić information content (AvgIpc) is 3.23. The van der Waals surface area contributed by atoms with E-state index in [1.807, 2.05) is 0 Å². The molecule has 1 saturated heterocycles. The zero-order valence-corrected chi connectivity index (χ0v) is 18.4. The summed E-state index contributed by atoms with van der Waals surface area (Å²) >= 11 is 1.34. The Morgan fingerprint density at radius 3 is 2.19 bits per heavy atom. The number of hydrogen-bond acceptors (Lipinski definition) is 9. The largest absolute Gasteiger partial charge is 0.497 e. The first-order valence-corrected chi connectivity index (χ1v) is 11.4. The number of rotatable bonds is 7. The van der Waals surface area contributed by atoms with Crippen LogP contribution in [0, 0.1) is 27.2 Å². The predicted molar refractivity (Wildman–Crippen MR) is 113 cm³/mol. The molecule has 166 valence electrons. The second-order valence-electron chi connectivity index (χ2n) is 6.55. The first-order valence-electron chi connectivity index (χ1n) is 8.90. The molecule has 1 fully saturated rings. The molecule has 3 rings (SSSR count). The molecule has 0 aliphatic carbocycles. The van der Waals surface area contributed by atoms with Gasteiger partial charge in [-0.15, -0.1) is 11.8 Å². The molecule has 0 radical (unpaired) electrons. The van der Waals surface area contributed by atoms with Gasteiger partial charge in [0.2, 0.25) is 10.0 Å². The van der Waals surface area contributed by atoms with Crippen LogP contribution in [-0.4, -0.2) is 49.1 Å². The molecule has 0 spiro atoms. The summed E-state index contributed by atoms with van der Waals surface area (Å²) in [5.41, 5.74) is -0.926. The summed E-state index contributed by atoms with van der Waals surface area (Å²) in [7, 11) is -1.37. The van der Waals surface area contributed by atoms with Crippen LogP contribution in [0.2, 0.25) is 0 Å². The number of methoxy groups -OCH3 is 2. The van der Waals surface area contributed by atoms with Crippen molar-refractivity contribution in [3.63, 3.8) is 0 Å². The van der Waals surface area contributed by atoms with E-state index in [-0.39, 0.29) is 12.1 Å². The molecule has 0 N–H and O–H groups in total. The van der Waals surface area contributed by atoms with Crippen LogP contribution in [0.4, 0.5) is 11.4 Å². The summed E-state index contributed by atoms with van der Waals surface area (Å²) in [5, 5.41) is 22.1. The molecular weight excluding hydrogens is 450 g/mol. The Hall–Kier alpha value is -2.90. The predicted octanol–water partition coefficient (Wildman–Crippen LogP) is 3.26. The summed E-state index contributed by atoms with van der Waals surface area (Å²) in [6.07, 6.45) is 0. The van der Waals surface area contributed by atoms with Crippen LogP contribution >= 0.6 is 11.8 Å². The van der Waals surface area contributed by atoms with E-state index in [2.05, 4.69) is 0 Å². The molecule has 13 heteroatoms. The fourth-order valence-electron chi connectivity index (χ4n) is 3.30. The van der Waals surface area contributed by atoms with Crippen LogP contribution in [0.1, 0.15) is 16.5 Å². The van der Waals surface area contributed by atoms with Gasteiger partial charge in [0.05, 0.1) is 34.3 Å². The highest BCUT2D eigenvalue weighted by molar-refractivity contribution is 8.01. The lowest BCUT2D eigenvalue weighted by molar-refractivity contribution is -0.395. The van der Waals surface area contributed by atoms with Crippen molar-refractivity contribution in [3.8, 4) is 11.5 Å². The summed E-state index contributed by atoms with van der Waals surface area (Å²) in [6, 6.07) is 6.71. The Kier molecular flexibility index (Phi) is 6.38. The van der Waals surface area contributed by atoms with Gasteiger partial charge >= 0.3 is 0 Å². The Morgan fingerprint density at radius 2 is 1.68 bits per heavy atom. The Bertz CT molecular complexity index is 1120. The lowest BCUT2D eigenvalue weighted by Gasteiger charge is -2.25. The molecule has 1 aliphatic rings. The first-order chi connectivity index (χ1) is 14.6. The standard InChI is InChI=1S/C18H19N3O8S2/c1-11-15(20(22)23)9-13(10-16(11)21(24)25)31(26,27)19-6-7-30-18(19)14-8-12(28-2)4-5-17(14)29-3/h4-5,8-10,18H,6-7H2,1-3H3/t18-/m1/s1. The molecule has 0 saturated carbocycles. The van der Waals surface area contributed by atoms with Gasteiger partial charge < -0.3 is 9.47 Å². The van der Waals surface area contributed by atoms with E-state index >= 15 is 0 Å². The molecule has 0 unspecified atom stereocenters. The van der Waals surface area contributed by atoms with Crippen molar-refractivity contribution < 1.29 is 27.7 Å². The van der Waals surface area contributed by atoms with Crippen molar-refractivity contribution in [2.24, 2.45) is 0 Å². The van der Waals surface area contributed by atoms with Crippen LogP contribution in [-0.2, 0) is 10.0 Å². The second kappa shape index (κ2) is 8.69. The molecule has 0 bridgehead atoms. The molecular formula is C18H19N3O8S2. The van der Waals surface area contributed by atoms with Crippen molar-refractivity contribution in [3.05, 3.63) is 61.7 Å². The fraction of sp³-hybridized carbons (Fsp3) is 0.333. The van der Waals surface area contributed by atoms with Gasteiger partial charge in [0.1, 0.15) is 17.1 Å². The normalized spacial score (nSPS) is 16.8. The van der Waals surface area contributed by atoms with Crippen molar-refractivity contribution in [2.45, 2.75) is 17.2 Å². The molecule has 2 aromatic carbocycles. The summed E-state index contributed by atoms with van der Waals surface area (Å²) in [5.74, 6) is 1.41. The summed E-state index contributed by atoms with van der Waals surface area (Å²) in [4.78, 5) is 20.6. The maximum absolute atomic E-state index is 13.4. The highest BCUT2D eigenvalue weighted by Crippen LogP contribution is 2.46. The Balaban J connectivity index is 2.14. The van der Waals surface area contributed by atoms with Crippen LogP contribution in [0.5, 0.6) is 11.5 Å². The number of thioether (sulfide) groups is 1. The smallest absolute Gasteiger partial charge is 0.280 e. The van der Waals surface area contributed by atoms with Crippen molar-refractivity contribution in [2.75, 3.05) is 26.5 Å². The molecule has 0 aromatic heterocycles. The zero-order valence-electron chi connectivity index (χ0n) is 16.8. The van der Waals surface area contributed by atoms with E-state index in [0.29, 0.717) is 22.8 Å². The van der Waals surface area contributed by atoms with Crippen molar-refractivity contribution in [1.29, 1.82) is 0 Å². The van der Waals surface area contributed by atoms with Gasteiger partial charge in [-0.25, -0.2) is 8.42 Å². The monoisotopic (exact) mass is 469 g/mol. The maximum Gasteiger partial charge on any atom is 0.280 e. The molecule has 31 heavy (non-hydrogen) atoms. The van der Waals surface area contributed by atoms with E-state index < -0.39 is 41.5 Å². The van der Waals surface area contributed by atoms with Gasteiger partial charge in [-0.05, 0) is 25.1 Å². The zero-order chi connectivity index (χ0) is 22.9. The Morgan fingerprint density at radius 1 is 1.06 bits per heavy atom. The lowest BCUT2D eigenvalue weighted by Crippen LogP contribution is -2.31.